The van der Waals surface area contributed by atoms with Crippen molar-refractivity contribution in [1.29, 1.82) is 5.26 Å². The number of nitrogens with one attached hydrogen (secondary N) is 1. The molecule has 7 heteroatoms. The molecule has 11 heavy (non-hydrogen) atoms. The Kier molecular flexibility index (Phi) is 7.00. The first-order chi connectivity index (χ1) is 4.77. The summed E-state index contributed by atoms with van der Waals surface area (Å²) in [5, 5.41) is 7.97. The lowest BCUT2D eigenvalue weighted by molar-refractivity contribution is -0.850. The van der Waals surface area contributed by atoms with E-state index in [4.69, 9.17) is 5.26 Å². The molecule has 0 aromatic carbocycles. The minimum atomic E-state index is -6.00. The van der Waals surface area contributed by atoms with Crippen molar-refractivity contribution >= 4 is 7.25 Å². The smallest absolute Gasteiger partial charge is 0.418 e. The summed E-state index contributed by atoms with van der Waals surface area (Å²) in [6.45, 7) is 0.597. The molecule has 0 radical (unpaired) electrons. The fourth-order valence-electron chi connectivity index (χ4n) is 0.158. The van der Waals surface area contributed by atoms with Crippen molar-refractivity contribution in [2.24, 2.45) is 0 Å². The van der Waals surface area contributed by atoms with Crippen LogP contribution in [0.25, 0.3) is 0 Å². The molecular weight excluding hydrogens is 163 g/mol. The standard InChI is InChI=1S/C4H8N2.BF4/c1-6(2)4-3-5;2-1(3,4)5/h4H2,1-2H3;/q;-1/p+1. The third kappa shape index (κ3) is 96.8. The zero-order valence-electron chi connectivity index (χ0n) is 6.24. The summed E-state index contributed by atoms with van der Waals surface area (Å²) in [6, 6.07) is 2.03. The van der Waals surface area contributed by atoms with Gasteiger partial charge in [-0.3, -0.25) is 0 Å². The van der Waals surface area contributed by atoms with Crippen LogP contribution in [-0.4, -0.2) is 27.9 Å². The Labute approximate surface area is 62.5 Å². The second-order valence-corrected chi connectivity index (χ2v) is 2.04. The fraction of sp³-hybridized carbons (Fsp3) is 0.750. The molecule has 0 bridgehead atoms. The van der Waals surface area contributed by atoms with Crippen molar-refractivity contribution < 1.29 is 22.2 Å². The summed E-state index contributed by atoms with van der Waals surface area (Å²) < 4.78 is 39.0. The predicted octanol–water partition coefficient (Wildman–Crippen LogP) is -0.0455. The molecule has 0 spiro atoms. The second-order valence-electron chi connectivity index (χ2n) is 2.04. The van der Waals surface area contributed by atoms with Gasteiger partial charge in [0.1, 0.15) is 6.07 Å². The molecule has 0 unspecified atom stereocenters. The molecule has 0 aromatic rings. The lowest BCUT2D eigenvalue weighted by atomic mass is 10.3. The van der Waals surface area contributed by atoms with E-state index in [1.165, 1.54) is 4.90 Å². The van der Waals surface area contributed by atoms with Gasteiger partial charge in [-0.05, 0) is 0 Å². The highest BCUT2D eigenvalue weighted by molar-refractivity contribution is 6.50. The lowest BCUT2D eigenvalue weighted by Gasteiger charge is -1.95. The molecule has 0 saturated carbocycles. The van der Waals surface area contributed by atoms with Crippen LogP contribution in [0, 0.1) is 11.3 Å². The van der Waals surface area contributed by atoms with Gasteiger partial charge >= 0.3 is 7.25 Å². The molecular formula is C4H9BF4N2. The van der Waals surface area contributed by atoms with Crippen LogP contribution in [0.3, 0.4) is 0 Å². The number of quaternary nitrogens is 1. The van der Waals surface area contributed by atoms with Gasteiger partial charge in [-0.1, -0.05) is 0 Å². The molecule has 0 amide bonds. The Morgan fingerprint density at radius 3 is 1.55 bits per heavy atom. The molecule has 0 aromatic heterocycles. The first-order valence-corrected chi connectivity index (χ1v) is 2.80. The van der Waals surface area contributed by atoms with Crippen LogP contribution in [0.1, 0.15) is 0 Å². The monoisotopic (exact) mass is 172 g/mol. The number of rotatable bonds is 1. The van der Waals surface area contributed by atoms with Crippen LogP contribution in [0.5, 0.6) is 0 Å². The van der Waals surface area contributed by atoms with Crippen LogP contribution in [0.4, 0.5) is 17.3 Å². The van der Waals surface area contributed by atoms with Crippen LogP contribution in [0.2, 0.25) is 0 Å². The van der Waals surface area contributed by atoms with Crippen molar-refractivity contribution in [1.82, 2.24) is 0 Å². The average Bonchev–Trinajstić information content (AvgIpc) is 1.58. The van der Waals surface area contributed by atoms with Crippen LogP contribution in [-0.2, 0) is 0 Å². The number of nitriles is 1. The van der Waals surface area contributed by atoms with Gasteiger partial charge < -0.3 is 22.2 Å². The van der Waals surface area contributed by atoms with Crippen LogP contribution < -0.4 is 4.90 Å². The summed E-state index contributed by atoms with van der Waals surface area (Å²) in [5.74, 6) is 0. The molecule has 0 rings (SSSR count). The molecule has 0 aliphatic carbocycles. The fourth-order valence-corrected chi connectivity index (χ4v) is 0.158. The Morgan fingerprint density at radius 1 is 1.27 bits per heavy atom. The zero-order chi connectivity index (χ0) is 9.49. The normalized spacial score (nSPS) is 10.0. The van der Waals surface area contributed by atoms with Crippen molar-refractivity contribution in [3.05, 3.63) is 0 Å². The minimum Gasteiger partial charge on any atom is -0.418 e. The maximum atomic E-state index is 9.75. The van der Waals surface area contributed by atoms with E-state index in [1.54, 1.807) is 0 Å². The van der Waals surface area contributed by atoms with Gasteiger partial charge in [0.15, 0.2) is 6.54 Å². The number of nitrogens with zero attached hydrogens (tertiary/aromatic N) is 1. The highest BCUT2D eigenvalue weighted by atomic mass is 19.5. The lowest BCUT2D eigenvalue weighted by Crippen LogP contribution is -3.05. The van der Waals surface area contributed by atoms with Crippen LogP contribution >= 0.6 is 0 Å². The van der Waals surface area contributed by atoms with E-state index < -0.39 is 7.25 Å². The average molecular weight is 172 g/mol. The summed E-state index contributed by atoms with van der Waals surface area (Å²) in [7, 11) is -2.10. The SMILES string of the molecule is C[NH+](C)CC#N.F[B-](F)(F)F. The van der Waals surface area contributed by atoms with E-state index in [-0.39, 0.29) is 0 Å². The van der Waals surface area contributed by atoms with E-state index in [1.807, 2.05) is 20.2 Å². The molecule has 0 saturated heterocycles. The number of hydrogen-bond donors (Lipinski definition) is 1. The molecule has 0 aliphatic heterocycles. The zero-order valence-corrected chi connectivity index (χ0v) is 6.24. The molecule has 2 nitrogen and oxygen atoms in total. The van der Waals surface area contributed by atoms with Crippen LogP contribution in [0.15, 0.2) is 0 Å². The summed E-state index contributed by atoms with van der Waals surface area (Å²) in [5.41, 5.74) is 0. The highest BCUT2D eigenvalue weighted by Crippen LogP contribution is 2.06. The summed E-state index contributed by atoms with van der Waals surface area (Å²) in [6.07, 6.45) is 0. The summed E-state index contributed by atoms with van der Waals surface area (Å²) in [4.78, 5) is 1.18. The third-order valence-electron chi connectivity index (χ3n) is 0.433. The molecule has 0 heterocycles. The van der Waals surface area contributed by atoms with Crippen molar-refractivity contribution in [2.75, 3.05) is 20.6 Å². The molecule has 0 aliphatic rings. The molecule has 66 valence electrons. The maximum Gasteiger partial charge on any atom is 0.673 e. The molecule has 1 N–H and O–H groups in total. The van der Waals surface area contributed by atoms with Gasteiger partial charge in [0, 0.05) is 0 Å². The topological polar surface area (TPSA) is 28.2 Å². The van der Waals surface area contributed by atoms with Gasteiger partial charge in [0.25, 0.3) is 0 Å². The quantitative estimate of drug-likeness (QED) is 0.335. The Balaban J connectivity index is 0. The van der Waals surface area contributed by atoms with Gasteiger partial charge in [-0.2, -0.15) is 5.26 Å². The van der Waals surface area contributed by atoms with Gasteiger partial charge in [0.2, 0.25) is 0 Å². The number of halogens is 4. The van der Waals surface area contributed by atoms with E-state index >= 15 is 0 Å². The maximum absolute atomic E-state index is 9.75. The van der Waals surface area contributed by atoms with Crippen molar-refractivity contribution in [3.63, 3.8) is 0 Å². The largest absolute Gasteiger partial charge is 0.673 e. The van der Waals surface area contributed by atoms with Gasteiger partial charge in [-0.25, -0.2) is 0 Å². The van der Waals surface area contributed by atoms with E-state index in [0.29, 0.717) is 6.54 Å². The molecule has 0 atom stereocenters. The number of hydrogen-bond acceptors (Lipinski definition) is 1. The summed E-state index contributed by atoms with van der Waals surface area (Å²) >= 11 is 0. The Hall–Kier alpha value is -0.765. The second kappa shape index (κ2) is 5.98. The first kappa shape index (κ1) is 12.9. The van der Waals surface area contributed by atoms with Gasteiger partial charge in [-0.15, -0.1) is 0 Å². The molecule has 0 fully saturated rings. The third-order valence-corrected chi connectivity index (χ3v) is 0.433. The first-order valence-electron chi connectivity index (χ1n) is 2.80. The van der Waals surface area contributed by atoms with Crippen molar-refractivity contribution in [2.45, 2.75) is 0 Å². The highest BCUT2D eigenvalue weighted by Gasteiger charge is 2.20. The van der Waals surface area contributed by atoms with Gasteiger partial charge in [0.05, 0.1) is 14.1 Å². The minimum absolute atomic E-state index is 0.597. The van der Waals surface area contributed by atoms with E-state index in [0.717, 1.165) is 0 Å². The van der Waals surface area contributed by atoms with E-state index in [2.05, 4.69) is 0 Å². The van der Waals surface area contributed by atoms with E-state index in [9.17, 15) is 17.3 Å². The Bertz CT molecular complexity index is 121. The predicted molar refractivity (Wildman–Crippen MR) is 33.5 cm³/mol. The van der Waals surface area contributed by atoms with Crippen molar-refractivity contribution in [3.8, 4) is 6.07 Å². The Morgan fingerprint density at radius 2 is 1.55 bits per heavy atom.